The number of carbonyl (C=O) groups excluding carboxylic acids is 1. The van der Waals surface area contributed by atoms with Crippen molar-refractivity contribution in [1.29, 1.82) is 0 Å². The lowest BCUT2D eigenvalue weighted by molar-refractivity contribution is -0.140. The number of allylic oxidation sites excluding steroid dienone is 1. The first kappa shape index (κ1) is 19.6. The second-order valence-corrected chi connectivity index (χ2v) is 7.40. The maximum atomic E-state index is 11.7. The van der Waals surface area contributed by atoms with Gasteiger partial charge in [-0.1, -0.05) is 42.5 Å². The van der Waals surface area contributed by atoms with Crippen molar-refractivity contribution < 1.29 is 9.53 Å². The zero-order valence-electron chi connectivity index (χ0n) is 14.6. The Hall–Kier alpha value is -1.73. The van der Waals surface area contributed by atoms with Crippen LogP contribution in [0.2, 0.25) is 0 Å². The minimum Gasteiger partial charge on any atom is -0.465 e. The molecule has 0 aliphatic heterocycles. The summed E-state index contributed by atoms with van der Waals surface area (Å²) in [7, 11) is 0. The smallest absolute Gasteiger partial charge is 0.316 e. The molecule has 7 heteroatoms. The van der Waals surface area contributed by atoms with E-state index in [1.54, 1.807) is 11.8 Å². The summed E-state index contributed by atoms with van der Waals surface area (Å²) >= 11 is 3.06. The molecule has 0 fully saturated rings. The zero-order valence-corrected chi connectivity index (χ0v) is 16.2. The largest absolute Gasteiger partial charge is 0.465 e. The maximum absolute atomic E-state index is 11.7. The topological polar surface area (TPSA) is 57.0 Å². The Labute approximate surface area is 157 Å². The molecule has 134 valence electrons. The molecular weight excluding hydrogens is 354 g/mol. The lowest BCUT2D eigenvalue weighted by atomic mass is 10.2. The van der Waals surface area contributed by atoms with E-state index in [2.05, 4.69) is 48.0 Å². The number of hydrogen-bond acceptors (Lipinski definition) is 6. The fourth-order valence-electron chi connectivity index (χ4n) is 2.01. The summed E-state index contributed by atoms with van der Waals surface area (Å²) in [5, 5.41) is 9.21. The van der Waals surface area contributed by atoms with E-state index in [9.17, 15) is 4.79 Å². The Kier molecular flexibility index (Phi) is 8.08. The van der Waals surface area contributed by atoms with Gasteiger partial charge in [0.15, 0.2) is 5.16 Å². The molecule has 1 heterocycles. The predicted molar refractivity (Wildman–Crippen MR) is 103 cm³/mol. The summed E-state index contributed by atoms with van der Waals surface area (Å²) in [6.45, 7) is 8.91. The summed E-state index contributed by atoms with van der Waals surface area (Å²) in [6.07, 6.45) is 2.63. The van der Waals surface area contributed by atoms with Gasteiger partial charge in [-0.2, -0.15) is 0 Å². The molecule has 5 nitrogen and oxygen atoms in total. The van der Waals surface area contributed by atoms with Crippen LogP contribution in [0.4, 0.5) is 0 Å². The molecule has 0 bridgehead atoms. The van der Waals surface area contributed by atoms with Crippen LogP contribution in [0.25, 0.3) is 0 Å². The predicted octanol–water partition coefficient (Wildman–Crippen LogP) is 4.11. The molecule has 25 heavy (non-hydrogen) atoms. The van der Waals surface area contributed by atoms with Crippen LogP contribution in [-0.4, -0.2) is 33.1 Å². The highest BCUT2D eigenvalue weighted by atomic mass is 32.2. The molecule has 2 aromatic rings. The van der Waals surface area contributed by atoms with Gasteiger partial charge in [-0.15, -0.1) is 28.5 Å². The number of thioether (sulfide) groups is 2. The van der Waals surface area contributed by atoms with Gasteiger partial charge in [0.25, 0.3) is 0 Å². The van der Waals surface area contributed by atoms with E-state index in [0.29, 0.717) is 24.1 Å². The summed E-state index contributed by atoms with van der Waals surface area (Å²) in [5.74, 6) is 1.59. The highest BCUT2D eigenvalue weighted by Crippen LogP contribution is 2.25. The molecule has 0 amide bonds. The van der Waals surface area contributed by atoms with Gasteiger partial charge in [0, 0.05) is 11.4 Å². The molecule has 0 atom stereocenters. The van der Waals surface area contributed by atoms with Gasteiger partial charge in [-0.05, 0) is 25.5 Å². The Balaban J connectivity index is 1.98. The van der Waals surface area contributed by atoms with Crippen LogP contribution in [0.5, 0.6) is 0 Å². The molecule has 0 aliphatic carbocycles. The van der Waals surface area contributed by atoms with Crippen LogP contribution in [0.1, 0.15) is 24.7 Å². The second kappa shape index (κ2) is 10.3. The number of nitrogens with zero attached hydrogens (tertiary/aromatic N) is 3. The van der Waals surface area contributed by atoms with Gasteiger partial charge < -0.3 is 9.30 Å². The van der Waals surface area contributed by atoms with Crippen LogP contribution < -0.4 is 0 Å². The van der Waals surface area contributed by atoms with Crippen molar-refractivity contribution in [2.75, 3.05) is 12.4 Å². The van der Waals surface area contributed by atoms with E-state index in [4.69, 9.17) is 4.74 Å². The molecule has 0 aliphatic rings. The summed E-state index contributed by atoms with van der Waals surface area (Å²) in [6, 6.07) is 8.40. The van der Waals surface area contributed by atoms with E-state index in [1.165, 1.54) is 22.2 Å². The summed E-state index contributed by atoms with van der Waals surface area (Å²) < 4.78 is 7.09. The van der Waals surface area contributed by atoms with Crippen molar-refractivity contribution in [3.63, 3.8) is 0 Å². The van der Waals surface area contributed by atoms with Crippen molar-refractivity contribution in [2.45, 2.75) is 42.6 Å². The van der Waals surface area contributed by atoms with Gasteiger partial charge in [0.05, 0.1) is 18.1 Å². The average Bonchev–Trinajstić information content (AvgIpc) is 3.00. The number of rotatable bonds is 10. The fourth-order valence-corrected chi connectivity index (χ4v) is 3.61. The van der Waals surface area contributed by atoms with Gasteiger partial charge in [0.2, 0.25) is 0 Å². The van der Waals surface area contributed by atoms with Crippen LogP contribution in [0.15, 0.2) is 47.0 Å². The third kappa shape index (κ3) is 6.25. The minimum absolute atomic E-state index is 0.226. The number of aryl methyl sites for hydroxylation is 1. The second-order valence-electron chi connectivity index (χ2n) is 5.41. The van der Waals surface area contributed by atoms with Gasteiger partial charge in [0.1, 0.15) is 5.82 Å². The lowest BCUT2D eigenvalue weighted by Gasteiger charge is -2.08. The minimum atomic E-state index is -0.226. The van der Waals surface area contributed by atoms with E-state index >= 15 is 0 Å². The van der Waals surface area contributed by atoms with Crippen molar-refractivity contribution in [1.82, 2.24) is 14.8 Å². The van der Waals surface area contributed by atoms with Gasteiger partial charge in [-0.25, -0.2) is 0 Å². The molecule has 0 radical (unpaired) electrons. The van der Waals surface area contributed by atoms with E-state index < -0.39 is 0 Å². The van der Waals surface area contributed by atoms with Crippen LogP contribution in [-0.2, 0) is 21.8 Å². The maximum Gasteiger partial charge on any atom is 0.316 e. The molecule has 0 spiro atoms. The van der Waals surface area contributed by atoms with Crippen molar-refractivity contribution >= 4 is 29.5 Å². The Morgan fingerprint density at radius 3 is 2.72 bits per heavy atom. The van der Waals surface area contributed by atoms with Gasteiger partial charge in [-0.3, -0.25) is 4.79 Å². The van der Waals surface area contributed by atoms with Crippen molar-refractivity contribution in [3.8, 4) is 0 Å². The van der Waals surface area contributed by atoms with Crippen molar-refractivity contribution in [2.24, 2.45) is 0 Å². The highest BCUT2D eigenvalue weighted by Gasteiger charge is 2.14. The number of esters is 1. The summed E-state index contributed by atoms with van der Waals surface area (Å²) in [5.41, 5.74) is 1.24. The normalized spacial score (nSPS) is 10.6. The Morgan fingerprint density at radius 2 is 2.04 bits per heavy atom. The molecule has 0 unspecified atom stereocenters. The van der Waals surface area contributed by atoms with Crippen LogP contribution in [0.3, 0.4) is 0 Å². The quantitative estimate of drug-likeness (QED) is 0.353. The third-order valence-electron chi connectivity index (χ3n) is 3.28. The molecule has 0 N–H and O–H groups in total. The fraction of sp³-hybridized carbons (Fsp3) is 0.389. The molecule has 0 saturated heterocycles. The van der Waals surface area contributed by atoms with E-state index in [0.717, 1.165) is 12.2 Å². The number of carbonyl (C=O) groups is 1. The average molecular weight is 378 g/mol. The Bertz CT molecular complexity index is 699. The van der Waals surface area contributed by atoms with E-state index in [1.807, 2.05) is 17.6 Å². The van der Waals surface area contributed by atoms with E-state index in [-0.39, 0.29) is 11.7 Å². The van der Waals surface area contributed by atoms with Crippen LogP contribution in [0, 0.1) is 6.92 Å². The zero-order chi connectivity index (χ0) is 18.1. The SMILES string of the molecule is C=CCn1c(CSc2ccc(C)cc2)nnc1SCC(=O)OCCC. The van der Waals surface area contributed by atoms with Gasteiger partial charge >= 0.3 is 5.97 Å². The monoisotopic (exact) mass is 377 g/mol. The summed E-state index contributed by atoms with van der Waals surface area (Å²) in [4.78, 5) is 12.9. The molecule has 1 aromatic heterocycles. The Morgan fingerprint density at radius 1 is 1.28 bits per heavy atom. The number of aromatic nitrogens is 3. The molecular formula is C18H23N3O2S2. The highest BCUT2D eigenvalue weighted by molar-refractivity contribution is 7.99. The molecule has 1 aromatic carbocycles. The van der Waals surface area contributed by atoms with Crippen LogP contribution >= 0.6 is 23.5 Å². The molecule has 0 saturated carbocycles. The molecule has 2 rings (SSSR count). The lowest BCUT2D eigenvalue weighted by Crippen LogP contribution is -2.09. The third-order valence-corrected chi connectivity index (χ3v) is 5.23. The standard InChI is InChI=1S/C18H23N3O2S2/c1-4-10-21-16(12-24-15-8-6-14(3)7-9-15)19-20-18(21)25-13-17(22)23-11-5-2/h4,6-9H,1,5,10-13H2,2-3H3. The number of hydrogen-bond donors (Lipinski definition) is 0. The first-order chi connectivity index (χ1) is 12.1. The van der Waals surface area contributed by atoms with Crippen molar-refractivity contribution in [3.05, 3.63) is 48.3 Å². The number of ether oxygens (including phenoxy) is 1. The first-order valence-electron chi connectivity index (χ1n) is 8.15. The first-order valence-corrected chi connectivity index (χ1v) is 10.1. The number of benzene rings is 1.